The summed E-state index contributed by atoms with van der Waals surface area (Å²) in [5.41, 5.74) is 1.72. The first-order valence-electron chi connectivity index (χ1n) is 7.88. The van der Waals surface area contributed by atoms with E-state index in [1.807, 2.05) is 44.2 Å². The number of rotatable bonds is 6. The highest BCUT2D eigenvalue weighted by atomic mass is 16.5. The third-order valence-electron chi connectivity index (χ3n) is 3.68. The molecule has 5 heteroatoms. The average molecular weight is 328 g/mol. The van der Waals surface area contributed by atoms with Crippen LogP contribution in [0.5, 0.6) is 11.5 Å². The molecule has 0 unspecified atom stereocenters. The lowest BCUT2D eigenvalue weighted by atomic mass is 10.2. The van der Waals surface area contributed by atoms with Crippen LogP contribution in [0.1, 0.15) is 19.4 Å². The number of hydrogen-bond donors (Lipinski definition) is 1. The Morgan fingerprint density at radius 2 is 1.62 bits per heavy atom. The number of carbonyl (C=O) groups excluding carboxylic acids is 1. The first kappa shape index (κ1) is 17.7. The number of methoxy groups -OCH3 is 2. The second kappa shape index (κ2) is 8.24. The minimum Gasteiger partial charge on any atom is -0.497 e. The number of urea groups is 1. The van der Waals surface area contributed by atoms with Gasteiger partial charge in [-0.05, 0) is 19.4 Å². The highest BCUT2D eigenvalue weighted by Crippen LogP contribution is 2.26. The lowest BCUT2D eigenvalue weighted by Gasteiger charge is -2.27. The molecule has 0 radical (unpaired) electrons. The topological polar surface area (TPSA) is 50.8 Å². The molecule has 2 amide bonds. The van der Waals surface area contributed by atoms with Crippen LogP contribution in [-0.2, 0) is 6.54 Å². The number of carbonyl (C=O) groups is 1. The van der Waals surface area contributed by atoms with Crippen LogP contribution in [0, 0.1) is 0 Å². The lowest BCUT2D eigenvalue weighted by Crippen LogP contribution is -2.39. The minimum atomic E-state index is -0.163. The Morgan fingerprint density at radius 3 is 2.12 bits per heavy atom. The number of anilines is 1. The highest BCUT2D eigenvalue weighted by Gasteiger charge is 2.18. The van der Waals surface area contributed by atoms with Gasteiger partial charge in [0.25, 0.3) is 0 Å². The first-order valence-corrected chi connectivity index (χ1v) is 7.88. The van der Waals surface area contributed by atoms with Crippen molar-refractivity contribution in [3.05, 3.63) is 54.1 Å². The van der Waals surface area contributed by atoms with Crippen LogP contribution in [0.2, 0.25) is 0 Å². The Bertz CT molecular complexity index is 649. The van der Waals surface area contributed by atoms with E-state index >= 15 is 0 Å². The van der Waals surface area contributed by atoms with E-state index in [4.69, 9.17) is 9.47 Å². The molecular formula is C19H24N2O3. The molecule has 0 fully saturated rings. The van der Waals surface area contributed by atoms with Crippen molar-refractivity contribution < 1.29 is 14.3 Å². The van der Waals surface area contributed by atoms with E-state index in [9.17, 15) is 4.79 Å². The van der Waals surface area contributed by atoms with Crippen LogP contribution in [0.15, 0.2) is 48.5 Å². The molecule has 0 saturated carbocycles. The van der Waals surface area contributed by atoms with Gasteiger partial charge in [-0.15, -0.1) is 0 Å². The number of amides is 2. The van der Waals surface area contributed by atoms with Gasteiger partial charge in [-0.2, -0.15) is 0 Å². The van der Waals surface area contributed by atoms with Crippen LogP contribution in [0.25, 0.3) is 0 Å². The van der Waals surface area contributed by atoms with E-state index < -0.39 is 0 Å². The monoisotopic (exact) mass is 328 g/mol. The molecule has 5 nitrogen and oxygen atoms in total. The molecule has 0 saturated heterocycles. The summed E-state index contributed by atoms with van der Waals surface area (Å²) in [5.74, 6) is 1.26. The summed E-state index contributed by atoms with van der Waals surface area (Å²) in [6.45, 7) is 4.54. The van der Waals surface area contributed by atoms with Gasteiger partial charge < -0.3 is 19.7 Å². The maximum Gasteiger partial charge on any atom is 0.322 e. The van der Waals surface area contributed by atoms with Crippen molar-refractivity contribution in [2.45, 2.75) is 26.4 Å². The zero-order chi connectivity index (χ0) is 17.5. The van der Waals surface area contributed by atoms with Crippen LogP contribution >= 0.6 is 0 Å². The smallest absolute Gasteiger partial charge is 0.322 e. The van der Waals surface area contributed by atoms with E-state index in [1.165, 1.54) is 0 Å². The second-order valence-corrected chi connectivity index (χ2v) is 5.74. The summed E-state index contributed by atoms with van der Waals surface area (Å²) in [6.07, 6.45) is 0. The van der Waals surface area contributed by atoms with Crippen molar-refractivity contribution in [2.24, 2.45) is 0 Å². The molecule has 0 aromatic heterocycles. The van der Waals surface area contributed by atoms with E-state index in [0.717, 1.165) is 5.56 Å². The summed E-state index contributed by atoms with van der Waals surface area (Å²) >= 11 is 0. The van der Waals surface area contributed by atoms with Gasteiger partial charge in [-0.25, -0.2) is 4.79 Å². The number of hydrogen-bond acceptors (Lipinski definition) is 3. The Hall–Kier alpha value is -2.69. The Balaban J connectivity index is 2.16. The molecule has 0 spiro atoms. The van der Waals surface area contributed by atoms with Gasteiger partial charge in [-0.3, -0.25) is 0 Å². The highest BCUT2D eigenvalue weighted by molar-refractivity contribution is 5.90. The van der Waals surface area contributed by atoms with Crippen molar-refractivity contribution in [3.8, 4) is 11.5 Å². The fraction of sp³-hybridized carbons (Fsp3) is 0.316. The average Bonchev–Trinajstić information content (AvgIpc) is 2.59. The standard InChI is InChI=1S/C19H24N2O3/c1-14(2)21(13-15-8-6-5-7-9-15)19(22)20-16-10-17(23-3)12-18(11-16)24-4/h5-12,14H,13H2,1-4H3,(H,20,22). The largest absolute Gasteiger partial charge is 0.497 e. The molecule has 2 aromatic carbocycles. The van der Waals surface area contributed by atoms with Gasteiger partial charge >= 0.3 is 6.03 Å². The second-order valence-electron chi connectivity index (χ2n) is 5.74. The van der Waals surface area contributed by atoms with Crippen molar-refractivity contribution in [1.82, 2.24) is 4.90 Å². The zero-order valence-corrected chi connectivity index (χ0v) is 14.6. The fourth-order valence-corrected chi connectivity index (χ4v) is 2.34. The van der Waals surface area contributed by atoms with Crippen molar-refractivity contribution in [1.29, 1.82) is 0 Å². The minimum absolute atomic E-state index is 0.0673. The summed E-state index contributed by atoms with van der Waals surface area (Å²) < 4.78 is 10.5. The van der Waals surface area contributed by atoms with Gasteiger partial charge in [0, 0.05) is 36.5 Å². The molecule has 0 bridgehead atoms. The van der Waals surface area contributed by atoms with Crippen molar-refractivity contribution in [3.63, 3.8) is 0 Å². The zero-order valence-electron chi connectivity index (χ0n) is 14.6. The quantitative estimate of drug-likeness (QED) is 0.867. The molecule has 128 valence electrons. The molecule has 0 aliphatic rings. The van der Waals surface area contributed by atoms with Gasteiger partial charge in [0.1, 0.15) is 11.5 Å². The first-order chi connectivity index (χ1) is 11.5. The van der Waals surface area contributed by atoms with Crippen molar-refractivity contribution in [2.75, 3.05) is 19.5 Å². The van der Waals surface area contributed by atoms with E-state index in [1.54, 1.807) is 37.3 Å². The normalized spacial score (nSPS) is 10.4. The van der Waals surface area contributed by atoms with Gasteiger partial charge in [0.15, 0.2) is 0 Å². The maximum absolute atomic E-state index is 12.7. The molecule has 0 aliphatic carbocycles. The number of nitrogens with one attached hydrogen (secondary N) is 1. The van der Waals surface area contributed by atoms with Gasteiger partial charge in [0.05, 0.1) is 14.2 Å². The summed E-state index contributed by atoms with van der Waals surface area (Å²) in [7, 11) is 3.16. The predicted molar refractivity (Wildman–Crippen MR) is 95.7 cm³/mol. The number of nitrogens with zero attached hydrogens (tertiary/aromatic N) is 1. The lowest BCUT2D eigenvalue weighted by molar-refractivity contribution is 0.193. The van der Waals surface area contributed by atoms with Crippen LogP contribution in [-0.4, -0.2) is 31.2 Å². The molecule has 2 rings (SSSR count). The predicted octanol–water partition coefficient (Wildman–Crippen LogP) is 4.15. The third kappa shape index (κ3) is 4.65. The summed E-state index contributed by atoms with van der Waals surface area (Å²) in [6, 6.07) is 15.1. The van der Waals surface area contributed by atoms with Crippen LogP contribution in [0.3, 0.4) is 0 Å². The Labute approximate surface area is 143 Å². The number of benzene rings is 2. The molecule has 0 heterocycles. The summed E-state index contributed by atoms with van der Waals surface area (Å²) in [4.78, 5) is 14.5. The Morgan fingerprint density at radius 1 is 1.04 bits per heavy atom. The fourth-order valence-electron chi connectivity index (χ4n) is 2.34. The molecule has 24 heavy (non-hydrogen) atoms. The molecule has 0 atom stereocenters. The van der Waals surface area contributed by atoms with Crippen LogP contribution < -0.4 is 14.8 Å². The van der Waals surface area contributed by atoms with E-state index in [2.05, 4.69) is 5.32 Å². The maximum atomic E-state index is 12.7. The van der Waals surface area contributed by atoms with Gasteiger partial charge in [0.2, 0.25) is 0 Å². The molecule has 2 aromatic rings. The molecule has 0 aliphatic heterocycles. The third-order valence-corrected chi connectivity index (χ3v) is 3.68. The van der Waals surface area contributed by atoms with E-state index in [-0.39, 0.29) is 12.1 Å². The van der Waals surface area contributed by atoms with Crippen LogP contribution in [0.4, 0.5) is 10.5 Å². The Kier molecular flexibility index (Phi) is 6.07. The SMILES string of the molecule is COc1cc(NC(=O)N(Cc2ccccc2)C(C)C)cc(OC)c1. The number of ether oxygens (including phenoxy) is 2. The molecular weight excluding hydrogens is 304 g/mol. The van der Waals surface area contributed by atoms with E-state index in [0.29, 0.717) is 23.7 Å². The summed E-state index contributed by atoms with van der Waals surface area (Å²) in [5, 5.41) is 2.92. The van der Waals surface area contributed by atoms with Gasteiger partial charge in [-0.1, -0.05) is 30.3 Å². The van der Waals surface area contributed by atoms with Crippen molar-refractivity contribution >= 4 is 11.7 Å². The molecule has 1 N–H and O–H groups in total.